The molecule has 1 fully saturated rings. The molecule has 0 spiro atoms. The lowest BCUT2D eigenvalue weighted by molar-refractivity contribution is 0.139. The van der Waals surface area contributed by atoms with Gasteiger partial charge in [0.1, 0.15) is 5.76 Å². The molecule has 1 rings (SSSR count). The highest BCUT2D eigenvalue weighted by Gasteiger charge is 2.15. The van der Waals surface area contributed by atoms with Gasteiger partial charge in [0.2, 0.25) is 0 Å². The fraction of sp³-hybridized carbons (Fsp3) is 0.583. The van der Waals surface area contributed by atoms with E-state index in [1.165, 1.54) is 12.8 Å². The maximum Gasteiger partial charge on any atom is 0.130 e. The van der Waals surface area contributed by atoms with Crippen LogP contribution in [0.5, 0.6) is 0 Å². The van der Waals surface area contributed by atoms with Crippen LogP contribution in [0.2, 0.25) is 0 Å². The van der Waals surface area contributed by atoms with Crippen molar-refractivity contribution in [3.05, 3.63) is 24.1 Å². The lowest BCUT2D eigenvalue weighted by atomic mass is 10.3. The Labute approximate surface area is 86.4 Å². The fourth-order valence-electron chi connectivity index (χ4n) is 1.50. The van der Waals surface area contributed by atoms with Crippen molar-refractivity contribution in [2.24, 2.45) is 4.99 Å². The van der Waals surface area contributed by atoms with E-state index in [2.05, 4.69) is 11.6 Å². The van der Waals surface area contributed by atoms with Gasteiger partial charge in [0.15, 0.2) is 0 Å². The summed E-state index contributed by atoms with van der Waals surface area (Å²) >= 11 is 0. The molecular formula is C12H19NO. The SMILES string of the molecule is C=C(/C=N\C(C)=C/C)OC1CCCC1. The Morgan fingerprint density at radius 1 is 1.43 bits per heavy atom. The average Bonchev–Trinajstić information content (AvgIpc) is 2.66. The molecule has 0 amide bonds. The lowest BCUT2D eigenvalue weighted by Crippen LogP contribution is -2.07. The summed E-state index contributed by atoms with van der Waals surface area (Å²) in [5, 5.41) is 0. The number of hydrogen-bond donors (Lipinski definition) is 0. The molecule has 0 aromatic carbocycles. The molecule has 0 radical (unpaired) electrons. The number of nitrogens with zero attached hydrogens (tertiary/aromatic N) is 1. The van der Waals surface area contributed by atoms with E-state index in [-0.39, 0.29) is 0 Å². The first kappa shape index (κ1) is 11.0. The Bertz CT molecular complexity index is 247. The summed E-state index contributed by atoms with van der Waals surface area (Å²) in [6, 6.07) is 0. The summed E-state index contributed by atoms with van der Waals surface area (Å²) in [5.41, 5.74) is 0.987. The predicted octanol–water partition coefficient (Wildman–Crippen LogP) is 3.45. The van der Waals surface area contributed by atoms with Crippen LogP contribution in [0, 0.1) is 0 Å². The molecule has 78 valence electrons. The van der Waals surface area contributed by atoms with E-state index in [0.29, 0.717) is 11.9 Å². The second kappa shape index (κ2) is 5.63. The zero-order valence-electron chi connectivity index (χ0n) is 9.12. The minimum absolute atomic E-state index is 0.375. The first-order valence-electron chi connectivity index (χ1n) is 5.25. The van der Waals surface area contributed by atoms with Gasteiger partial charge in [-0.25, -0.2) is 0 Å². The van der Waals surface area contributed by atoms with Gasteiger partial charge < -0.3 is 4.74 Å². The van der Waals surface area contributed by atoms with Crippen molar-refractivity contribution in [3.63, 3.8) is 0 Å². The largest absolute Gasteiger partial charge is 0.489 e. The van der Waals surface area contributed by atoms with Crippen LogP contribution in [-0.2, 0) is 4.74 Å². The monoisotopic (exact) mass is 193 g/mol. The van der Waals surface area contributed by atoms with Gasteiger partial charge in [-0.2, -0.15) is 0 Å². The number of allylic oxidation sites excluding steroid dienone is 3. The summed E-state index contributed by atoms with van der Waals surface area (Å²) in [4.78, 5) is 4.20. The number of hydrogen-bond acceptors (Lipinski definition) is 2. The van der Waals surface area contributed by atoms with Gasteiger partial charge in [-0.05, 0) is 39.5 Å². The third-order valence-electron chi connectivity index (χ3n) is 2.45. The van der Waals surface area contributed by atoms with Gasteiger partial charge in [-0.3, -0.25) is 4.99 Å². The van der Waals surface area contributed by atoms with Crippen molar-refractivity contribution in [1.29, 1.82) is 0 Å². The molecule has 14 heavy (non-hydrogen) atoms. The molecule has 0 aromatic rings. The minimum Gasteiger partial charge on any atom is -0.489 e. The van der Waals surface area contributed by atoms with Gasteiger partial charge in [0.25, 0.3) is 0 Å². The third-order valence-corrected chi connectivity index (χ3v) is 2.45. The van der Waals surface area contributed by atoms with Crippen LogP contribution in [0.4, 0.5) is 0 Å². The van der Waals surface area contributed by atoms with E-state index in [0.717, 1.165) is 18.5 Å². The van der Waals surface area contributed by atoms with Gasteiger partial charge in [-0.15, -0.1) is 0 Å². The molecule has 0 N–H and O–H groups in total. The minimum atomic E-state index is 0.375. The highest BCUT2D eigenvalue weighted by molar-refractivity contribution is 5.75. The molecule has 0 saturated heterocycles. The van der Waals surface area contributed by atoms with Gasteiger partial charge in [0, 0.05) is 5.70 Å². The van der Waals surface area contributed by atoms with Crippen molar-refractivity contribution >= 4 is 6.21 Å². The predicted molar refractivity (Wildman–Crippen MR) is 60.4 cm³/mol. The van der Waals surface area contributed by atoms with E-state index < -0.39 is 0 Å². The smallest absolute Gasteiger partial charge is 0.130 e. The third kappa shape index (κ3) is 3.77. The van der Waals surface area contributed by atoms with Crippen LogP contribution in [0.1, 0.15) is 39.5 Å². The van der Waals surface area contributed by atoms with E-state index in [4.69, 9.17) is 4.74 Å². The molecule has 0 atom stereocenters. The zero-order valence-corrected chi connectivity index (χ0v) is 9.12. The lowest BCUT2D eigenvalue weighted by Gasteiger charge is -2.11. The van der Waals surface area contributed by atoms with Crippen LogP contribution in [0.15, 0.2) is 29.1 Å². The van der Waals surface area contributed by atoms with Crippen LogP contribution < -0.4 is 0 Å². The molecule has 1 aliphatic rings. The van der Waals surface area contributed by atoms with Crippen molar-refractivity contribution < 1.29 is 4.74 Å². The standard InChI is InChI=1S/C12H19NO/c1-4-10(2)13-9-11(3)14-12-7-5-6-8-12/h4,9,12H,3,5-8H2,1-2H3/b10-4-,13-9-. The Hall–Kier alpha value is -1.05. The summed E-state index contributed by atoms with van der Waals surface area (Å²) in [6.45, 7) is 7.75. The normalized spacial score (nSPS) is 19.1. The Morgan fingerprint density at radius 2 is 2.07 bits per heavy atom. The highest BCUT2D eigenvalue weighted by Crippen LogP contribution is 2.22. The van der Waals surface area contributed by atoms with Crippen molar-refractivity contribution in [1.82, 2.24) is 0 Å². The first-order chi connectivity index (χ1) is 6.72. The highest BCUT2D eigenvalue weighted by atomic mass is 16.5. The van der Waals surface area contributed by atoms with Crippen LogP contribution >= 0.6 is 0 Å². The number of rotatable bonds is 4. The quantitative estimate of drug-likeness (QED) is 0.495. The zero-order chi connectivity index (χ0) is 10.4. The second-order valence-corrected chi connectivity index (χ2v) is 3.68. The van der Waals surface area contributed by atoms with Crippen LogP contribution in [0.3, 0.4) is 0 Å². The molecule has 0 aliphatic heterocycles. The first-order valence-corrected chi connectivity index (χ1v) is 5.25. The van der Waals surface area contributed by atoms with Crippen molar-refractivity contribution in [3.8, 4) is 0 Å². The molecule has 1 aliphatic carbocycles. The molecule has 0 aromatic heterocycles. The number of aliphatic imine (C=N–C) groups is 1. The maximum absolute atomic E-state index is 5.64. The molecule has 2 heteroatoms. The summed E-state index contributed by atoms with van der Waals surface area (Å²) in [6.07, 6.45) is 8.92. The summed E-state index contributed by atoms with van der Waals surface area (Å²) in [7, 11) is 0. The molecule has 1 saturated carbocycles. The molecule has 0 unspecified atom stereocenters. The van der Waals surface area contributed by atoms with E-state index >= 15 is 0 Å². The second-order valence-electron chi connectivity index (χ2n) is 3.68. The van der Waals surface area contributed by atoms with Gasteiger partial charge in [0.05, 0.1) is 12.3 Å². The van der Waals surface area contributed by atoms with E-state index in [1.807, 2.05) is 19.9 Å². The molecule has 2 nitrogen and oxygen atoms in total. The average molecular weight is 193 g/mol. The van der Waals surface area contributed by atoms with E-state index in [1.54, 1.807) is 6.21 Å². The Morgan fingerprint density at radius 3 is 2.64 bits per heavy atom. The Balaban J connectivity index is 2.31. The summed E-state index contributed by atoms with van der Waals surface area (Å²) < 4.78 is 5.64. The Kier molecular flexibility index (Phi) is 4.44. The van der Waals surface area contributed by atoms with Crippen LogP contribution in [0.25, 0.3) is 0 Å². The number of ether oxygens (including phenoxy) is 1. The van der Waals surface area contributed by atoms with E-state index in [9.17, 15) is 0 Å². The van der Waals surface area contributed by atoms with Crippen molar-refractivity contribution in [2.75, 3.05) is 0 Å². The van der Waals surface area contributed by atoms with Crippen molar-refractivity contribution in [2.45, 2.75) is 45.6 Å². The molecular weight excluding hydrogens is 174 g/mol. The summed E-state index contributed by atoms with van der Waals surface area (Å²) in [5.74, 6) is 0.679. The topological polar surface area (TPSA) is 21.6 Å². The maximum atomic E-state index is 5.64. The van der Waals surface area contributed by atoms with Gasteiger partial charge in [-0.1, -0.05) is 12.7 Å². The molecule has 0 bridgehead atoms. The van der Waals surface area contributed by atoms with Crippen LogP contribution in [-0.4, -0.2) is 12.3 Å². The van der Waals surface area contributed by atoms with Gasteiger partial charge >= 0.3 is 0 Å². The fourth-order valence-corrected chi connectivity index (χ4v) is 1.50. The molecule has 0 heterocycles.